The SMILES string of the molecule is CNC(=O)c1c(F)cccc1Nc1nc(Nc2cc3c(ccn3C(=O)CN(C)C(=O)CCCCCCNc3cccc4c3C(=O)N(C3CCC(=O)NC3=O)C4=O)cc2OC)nc2[nH]ccc12. The Kier molecular flexibility index (Phi) is 12.7. The summed E-state index contributed by atoms with van der Waals surface area (Å²) < 4.78 is 21.9. The number of methoxy groups -OCH3 is 1. The lowest BCUT2D eigenvalue weighted by Crippen LogP contribution is -2.54. The minimum Gasteiger partial charge on any atom is -0.495 e. The Balaban J connectivity index is 0.850. The van der Waals surface area contributed by atoms with Crippen molar-refractivity contribution in [1.29, 1.82) is 0 Å². The quantitative estimate of drug-likeness (QED) is 0.0492. The number of rotatable bonds is 17. The molecule has 0 radical (unpaired) electrons. The maximum atomic E-state index is 14.8. The van der Waals surface area contributed by atoms with Crippen molar-refractivity contribution in [3.8, 4) is 5.75 Å². The van der Waals surface area contributed by atoms with Crippen LogP contribution in [0.5, 0.6) is 5.75 Å². The van der Waals surface area contributed by atoms with Gasteiger partial charge in [0.1, 0.15) is 35.6 Å². The van der Waals surface area contributed by atoms with Crippen molar-refractivity contribution in [1.82, 2.24) is 40.0 Å². The van der Waals surface area contributed by atoms with Gasteiger partial charge in [0, 0.05) is 56.9 Å². The lowest BCUT2D eigenvalue weighted by atomic mass is 10.0. The second-order valence-corrected chi connectivity index (χ2v) is 15.8. The molecule has 1 atom stereocenters. The molecule has 6 amide bonds. The number of ether oxygens (including phenoxy) is 1. The third-order valence-electron chi connectivity index (χ3n) is 11.6. The standard InChI is InChI=1S/C46H46FN11O8/c1-48-43(63)39-28(47)11-9-13-30(39)51-41-27-17-20-50-40(27)54-46(55-41)52-31-23-33-25(22-34(31)66-3)18-21-57(33)37(61)24-56(2)36(60)14-6-4-5-7-19-49-29-12-8-10-26-38(29)45(65)58(44(26)64)32-15-16-35(59)53-42(32)62/h8-13,17-18,20-23,32,49H,4-7,14-16,19,24H2,1-3H3,(H,48,63)(H,53,59,62)(H3,50,51,52,54,55). The van der Waals surface area contributed by atoms with Crippen LogP contribution >= 0.6 is 0 Å². The fourth-order valence-corrected chi connectivity index (χ4v) is 8.17. The number of aromatic nitrogens is 4. The van der Waals surface area contributed by atoms with Gasteiger partial charge in [0.2, 0.25) is 23.7 Å². The smallest absolute Gasteiger partial charge is 0.264 e. The number of fused-ring (bicyclic) bond motifs is 3. The number of H-pyrrole nitrogens is 1. The normalized spacial score (nSPS) is 14.6. The van der Waals surface area contributed by atoms with E-state index in [1.54, 1.807) is 68.0 Å². The third kappa shape index (κ3) is 8.84. The Labute approximate surface area is 376 Å². The molecule has 0 bridgehead atoms. The van der Waals surface area contributed by atoms with E-state index < -0.39 is 41.4 Å². The van der Waals surface area contributed by atoms with Crippen LogP contribution in [0.2, 0.25) is 0 Å². The molecule has 20 heteroatoms. The number of halogens is 1. The number of likely N-dealkylation sites (N-methyl/N-ethyl adjacent to an activating group) is 1. The number of carbonyl (C=O) groups is 7. The number of carbonyl (C=O) groups excluding carboxylic acids is 7. The Bertz CT molecular complexity index is 2950. The minimum atomic E-state index is -1.05. The molecule has 8 rings (SSSR count). The topological polar surface area (TPSA) is 242 Å². The van der Waals surface area contributed by atoms with Gasteiger partial charge in [-0.3, -0.25) is 48.3 Å². The van der Waals surface area contributed by atoms with E-state index in [1.807, 2.05) is 0 Å². The first kappa shape index (κ1) is 44.4. The Morgan fingerprint density at radius 2 is 1.71 bits per heavy atom. The van der Waals surface area contributed by atoms with Crippen LogP contribution in [0.15, 0.2) is 73.1 Å². The highest BCUT2D eigenvalue weighted by Crippen LogP contribution is 2.35. The molecule has 3 aromatic carbocycles. The summed E-state index contributed by atoms with van der Waals surface area (Å²) in [7, 11) is 4.50. The van der Waals surface area contributed by atoms with Crippen molar-refractivity contribution >= 4 is 92.1 Å². The average Bonchev–Trinajstić information content (AvgIpc) is 4.02. The fourth-order valence-electron chi connectivity index (χ4n) is 8.17. The molecule has 2 aliphatic rings. The fraction of sp³-hybridized carbons (Fsp3) is 0.283. The first-order valence-electron chi connectivity index (χ1n) is 21.3. The summed E-state index contributed by atoms with van der Waals surface area (Å²) in [5.41, 5.74) is 2.32. The van der Waals surface area contributed by atoms with Crippen LogP contribution in [0, 0.1) is 5.82 Å². The molecule has 3 aromatic heterocycles. The van der Waals surface area contributed by atoms with Crippen LogP contribution in [0.4, 0.5) is 33.2 Å². The predicted molar refractivity (Wildman–Crippen MR) is 242 cm³/mol. The number of piperidine rings is 1. The van der Waals surface area contributed by atoms with E-state index in [4.69, 9.17) is 4.74 Å². The maximum absolute atomic E-state index is 14.8. The largest absolute Gasteiger partial charge is 0.495 e. The summed E-state index contributed by atoms with van der Waals surface area (Å²) in [6, 6.07) is 15.1. The molecule has 2 aliphatic heterocycles. The molecule has 19 nitrogen and oxygen atoms in total. The lowest BCUT2D eigenvalue weighted by Gasteiger charge is -2.27. The van der Waals surface area contributed by atoms with Crippen molar-refractivity contribution in [3.63, 3.8) is 0 Å². The van der Waals surface area contributed by atoms with Crippen LogP contribution in [0.1, 0.15) is 80.8 Å². The van der Waals surface area contributed by atoms with Gasteiger partial charge in [-0.05, 0) is 67.8 Å². The molecule has 1 fully saturated rings. The molecule has 66 heavy (non-hydrogen) atoms. The van der Waals surface area contributed by atoms with Crippen LogP contribution < -0.4 is 31.3 Å². The Morgan fingerprint density at radius 1 is 0.924 bits per heavy atom. The number of benzene rings is 3. The molecule has 6 aromatic rings. The monoisotopic (exact) mass is 899 g/mol. The van der Waals surface area contributed by atoms with Crippen LogP contribution in [-0.2, 0) is 14.4 Å². The zero-order chi connectivity index (χ0) is 46.6. The summed E-state index contributed by atoms with van der Waals surface area (Å²) in [6.07, 6.45) is 6.47. The van der Waals surface area contributed by atoms with E-state index in [1.165, 1.54) is 35.8 Å². The van der Waals surface area contributed by atoms with Gasteiger partial charge >= 0.3 is 0 Å². The molecule has 0 spiro atoms. The number of unbranched alkanes of at least 4 members (excludes halogenated alkanes) is 3. The Morgan fingerprint density at radius 3 is 2.50 bits per heavy atom. The van der Waals surface area contributed by atoms with E-state index in [0.717, 1.165) is 17.7 Å². The molecule has 0 saturated carbocycles. The highest BCUT2D eigenvalue weighted by atomic mass is 19.1. The number of nitrogens with one attached hydrogen (secondary N) is 6. The average molecular weight is 900 g/mol. The maximum Gasteiger partial charge on any atom is 0.264 e. The van der Waals surface area contributed by atoms with Crippen LogP contribution in [0.25, 0.3) is 21.9 Å². The van der Waals surface area contributed by atoms with Gasteiger partial charge in [-0.1, -0.05) is 25.0 Å². The third-order valence-corrected chi connectivity index (χ3v) is 11.6. The molecular formula is C46H46FN11O8. The molecule has 340 valence electrons. The molecule has 1 unspecified atom stereocenters. The predicted octanol–water partition coefficient (Wildman–Crippen LogP) is 5.47. The first-order valence-corrected chi connectivity index (χ1v) is 21.3. The van der Waals surface area contributed by atoms with Crippen molar-refractivity contribution in [2.75, 3.05) is 50.2 Å². The van der Waals surface area contributed by atoms with Gasteiger partial charge < -0.3 is 35.9 Å². The number of anilines is 5. The molecule has 1 saturated heterocycles. The molecular weight excluding hydrogens is 854 g/mol. The highest BCUT2D eigenvalue weighted by molar-refractivity contribution is 6.25. The number of amides is 6. The first-order chi connectivity index (χ1) is 31.9. The molecule has 0 aliphatic carbocycles. The number of imide groups is 2. The van der Waals surface area contributed by atoms with Crippen molar-refractivity contribution in [3.05, 3.63) is 95.6 Å². The summed E-state index contributed by atoms with van der Waals surface area (Å²) in [5.74, 6) is -3.25. The summed E-state index contributed by atoms with van der Waals surface area (Å²) >= 11 is 0. The number of nitrogens with zero attached hydrogens (tertiary/aromatic N) is 5. The van der Waals surface area contributed by atoms with E-state index >= 15 is 0 Å². The summed E-state index contributed by atoms with van der Waals surface area (Å²) in [5, 5.41) is 15.4. The lowest BCUT2D eigenvalue weighted by molar-refractivity contribution is -0.136. The zero-order valence-electron chi connectivity index (χ0n) is 36.2. The van der Waals surface area contributed by atoms with E-state index in [2.05, 4.69) is 41.5 Å². The van der Waals surface area contributed by atoms with Crippen LogP contribution in [0.3, 0.4) is 0 Å². The van der Waals surface area contributed by atoms with Gasteiger partial charge in [-0.25, -0.2) is 4.39 Å². The van der Waals surface area contributed by atoms with Crippen molar-refractivity contribution in [2.45, 2.75) is 51.0 Å². The van der Waals surface area contributed by atoms with E-state index in [0.29, 0.717) is 58.4 Å². The highest BCUT2D eigenvalue weighted by Gasteiger charge is 2.45. The summed E-state index contributed by atoms with van der Waals surface area (Å²) in [6.45, 7) is 0.322. The summed E-state index contributed by atoms with van der Waals surface area (Å²) in [4.78, 5) is 105. The van der Waals surface area contributed by atoms with Crippen LogP contribution in [-0.4, -0.2) is 111 Å². The molecule has 5 heterocycles. The van der Waals surface area contributed by atoms with Crippen molar-refractivity contribution in [2.24, 2.45) is 0 Å². The van der Waals surface area contributed by atoms with Gasteiger partial charge in [-0.2, -0.15) is 9.97 Å². The van der Waals surface area contributed by atoms with E-state index in [-0.39, 0.29) is 71.8 Å². The number of hydrogen-bond acceptors (Lipinski definition) is 13. The second kappa shape index (κ2) is 18.9. The van der Waals surface area contributed by atoms with E-state index in [9.17, 15) is 38.0 Å². The van der Waals surface area contributed by atoms with Crippen molar-refractivity contribution < 1.29 is 42.7 Å². The van der Waals surface area contributed by atoms with Gasteiger partial charge in [0.15, 0.2) is 0 Å². The Hall–Kier alpha value is -8.16. The zero-order valence-corrected chi connectivity index (χ0v) is 36.2. The number of hydrogen-bond donors (Lipinski definition) is 6. The second-order valence-electron chi connectivity index (χ2n) is 15.8. The van der Waals surface area contributed by atoms with Gasteiger partial charge in [0.25, 0.3) is 23.6 Å². The van der Waals surface area contributed by atoms with Gasteiger partial charge in [-0.15, -0.1) is 0 Å². The number of aromatic amines is 1. The molecule has 6 N–H and O–H groups in total. The van der Waals surface area contributed by atoms with Gasteiger partial charge in [0.05, 0.1) is 46.1 Å². The minimum absolute atomic E-state index is 0.0385.